The number of rotatable bonds is 2. The maximum atomic E-state index is 13.5. The third-order valence-corrected chi connectivity index (χ3v) is 8.93. The van der Waals surface area contributed by atoms with Gasteiger partial charge in [0, 0.05) is 17.1 Å². The quantitative estimate of drug-likeness (QED) is 0.641. The van der Waals surface area contributed by atoms with E-state index in [0.717, 1.165) is 47.4 Å². The number of amides is 1. The van der Waals surface area contributed by atoms with Crippen molar-refractivity contribution in [1.29, 1.82) is 0 Å². The van der Waals surface area contributed by atoms with Gasteiger partial charge in [0.15, 0.2) is 0 Å². The van der Waals surface area contributed by atoms with Gasteiger partial charge < -0.3 is 14.2 Å². The fourth-order valence-electron chi connectivity index (χ4n) is 5.15. The van der Waals surface area contributed by atoms with E-state index in [-0.39, 0.29) is 17.1 Å². The molecular weight excluding hydrogens is 405 g/mol. The summed E-state index contributed by atoms with van der Waals surface area (Å²) >= 11 is 1.73. The maximum Gasteiger partial charge on any atom is 0.495 e. The first-order valence-corrected chi connectivity index (χ1v) is 12.1. The standard InChI is InChI=1S/C25H32BNO3S/c1-15-18(26-29-24(4,5)25(6,7)30-26)9-8-10-19(15)27-12-11-16-17-13-23(2,3)14-20(17)31-21(16)22(27)28/h8-10H,11-14H2,1-7H3. The summed E-state index contributed by atoms with van der Waals surface area (Å²) in [7, 11) is -0.423. The molecule has 1 saturated heterocycles. The monoisotopic (exact) mass is 437 g/mol. The number of carbonyl (C=O) groups excluding carboxylic acids is 1. The summed E-state index contributed by atoms with van der Waals surface area (Å²) in [5.74, 6) is 0.146. The minimum atomic E-state index is -0.423. The minimum absolute atomic E-state index is 0.146. The lowest BCUT2D eigenvalue weighted by Crippen LogP contribution is -2.41. The Bertz CT molecular complexity index is 1070. The molecule has 1 fully saturated rings. The summed E-state index contributed by atoms with van der Waals surface area (Å²) in [6, 6.07) is 6.13. The van der Waals surface area contributed by atoms with E-state index >= 15 is 0 Å². The minimum Gasteiger partial charge on any atom is -0.399 e. The average molecular weight is 437 g/mol. The van der Waals surface area contributed by atoms with E-state index in [4.69, 9.17) is 9.31 Å². The fourth-order valence-corrected chi connectivity index (χ4v) is 6.72. The number of thiophene rings is 1. The highest BCUT2D eigenvalue weighted by atomic mass is 32.1. The largest absolute Gasteiger partial charge is 0.495 e. The van der Waals surface area contributed by atoms with Gasteiger partial charge in [-0.25, -0.2) is 0 Å². The molecule has 4 nitrogen and oxygen atoms in total. The molecule has 0 radical (unpaired) electrons. The van der Waals surface area contributed by atoms with Gasteiger partial charge in [-0.2, -0.15) is 0 Å². The zero-order chi connectivity index (χ0) is 22.3. The molecule has 2 aromatic rings. The van der Waals surface area contributed by atoms with Crippen LogP contribution in [0.15, 0.2) is 18.2 Å². The third kappa shape index (κ3) is 3.21. The topological polar surface area (TPSA) is 38.8 Å². The Labute approximate surface area is 190 Å². The van der Waals surface area contributed by atoms with Crippen molar-refractivity contribution in [3.05, 3.63) is 44.6 Å². The number of benzene rings is 1. The van der Waals surface area contributed by atoms with Crippen LogP contribution in [-0.2, 0) is 28.6 Å². The highest BCUT2D eigenvalue weighted by molar-refractivity contribution is 7.14. The maximum absolute atomic E-state index is 13.5. The summed E-state index contributed by atoms with van der Waals surface area (Å²) in [5.41, 5.74) is 5.35. The molecule has 0 unspecified atom stereocenters. The van der Waals surface area contributed by atoms with Crippen LogP contribution in [0.2, 0.25) is 0 Å². The van der Waals surface area contributed by atoms with Gasteiger partial charge in [0.25, 0.3) is 5.91 Å². The van der Waals surface area contributed by atoms with Crippen LogP contribution in [0.3, 0.4) is 0 Å². The average Bonchev–Trinajstić information content (AvgIpc) is 3.21. The summed E-state index contributed by atoms with van der Waals surface area (Å²) in [5, 5.41) is 0. The van der Waals surface area contributed by atoms with E-state index < -0.39 is 7.12 Å². The summed E-state index contributed by atoms with van der Waals surface area (Å²) in [6.45, 7) is 15.7. The molecule has 164 valence electrons. The molecule has 0 atom stereocenters. The van der Waals surface area contributed by atoms with Crippen molar-refractivity contribution in [3.63, 3.8) is 0 Å². The van der Waals surface area contributed by atoms with Crippen molar-refractivity contribution < 1.29 is 14.1 Å². The van der Waals surface area contributed by atoms with Crippen LogP contribution in [0.25, 0.3) is 0 Å². The molecule has 2 aliphatic heterocycles. The van der Waals surface area contributed by atoms with Gasteiger partial charge in [0.1, 0.15) is 0 Å². The Kier molecular flexibility index (Phi) is 4.58. The Morgan fingerprint density at radius 3 is 2.35 bits per heavy atom. The van der Waals surface area contributed by atoms with E-state index in [2.05, 4.69) is 60.6 Å². The second kappa shape index (κ2) is 6.69. The predicted octanol–water partition coefficient (Wildman–Crippen LogP) is 4.68. The van der Waals surface area contributed by atoms with Crippen LogP contribution in [0, 0.1) is 12.3 Å². The lowest BCUT2D eigenvalue weighted by molar-refractivity contribution is 0.00578. The number of hydrogen-bond acceptors (Lipinski definition) is 4. The van der Waals surface area contributed by atoms with Gasteiger partial charge in [0.2, 0.25) is 0 Å². The molecule has 0 saturated carbocycles. The summed E-state index contributed by atoms with van der Waals surface area (Å²) < 4.78 is 12.6. The molecule has 0 N–H and O–H groups in total. The fraction of sp³-hybridized carbons (Fsp3) is 0.560. The molecular formula is C25H32BNO3S. The zero-order valence-corrected chi connectivity index (χ0v) is 20.5. The molecule has 3 heterocycles. The molecule has 1 aromatic heterocycles. The van der Waals surface area contributed by atoms with Crippen LogP contribution >= 0.6 is 11.3 Å². The van der Waals surface area contributed by atoms with Crippen molar-refractivity contribution in [2.24, 2.45) is 5.41 Å². The highest BCUT2D eigenvalue weighted by Crippen LogP contribution is 2.46. The van der Waals surface area contributed by atoms with Crippen LogP contribution < -0.4 is 10.4 Å². The Morgan fingerprint density at radius 2 is 1.68 bits per heavy atom. The predicted molar refractivity (Wildman–Crippen MR) is 128 cm³/mol. The van der Waals surface area contributed by atoms with Gasteiger partial charge in [-0.05, 0) is 87.5 Å². The number of nitrogens with zero attached hydrogens (tertiary/aromatic N) is 1. The van der Waals surface area contributed by atoms with Gasteiger partial charge in [-0.1, -0.05) is 26.0 Å². The highest BCUT2D eigenvalue weighted by Gasteiger charge is 2.52. The number of fused-ring (bicyclic) bond motifs is 3. The van der Waals surface area contributed by atoms with E-state index in [9.17, 15) is 4.79 Å². The molecule has 1 aliphatic carbocycles. The molecule has 1 aromatic carbocycles. The number of anilines is 1. The molecule has 0 bridgehead atoms. The van der Waals surface area contributed by atoms with E-state index in [1.807, 2.05) is 11.0 Å². The molecule has 1 amide bonds. The van der Waals surface area contributed by atoms with Crippen molar-refractivity contribution in [2.75, 3.05) is 11.4 Å². The van der Waals surface area contributed by atoms with E-state index in [1.54, 1.807) is 11.3 Å². The number of hydrogen-bond donors (Lipinski definition) is 0. The van der Waals surface area contributed by atoms with E-state index in [0.29, 0.717) is 5.41 Å². The third-order valence-electron chi connectivity index (χ3n) is 7.66. The lowest BCUT2D eigenvalue weighted by atomic mass is 9.75. The van der Waals surface area contributed by atoms with Crippen LogP contribution in [0.4, 0.5) is 5.69 Å². The normalized spacial score (nSPS) is 23.3. The first kappa shape index (κ1) is 21.2. The summed E-state index contributed by atoms with van der Waals surface area (Å²) in [6.07, 6.45) is 3.12. The smallest absolute Gasteiger partial charge is 0.399 e. The molecule has 6 heteroatoms. The molecule has 3 aliphatic rings. The van der Waals surface area contributed by atoms with Crippen LogP contribution in [0.1, 0.15) is 72.8 Å². The summed E-state index contributed by atoms with van der Waals surface area (Å²) in [4.78, 5) is 17.9. The van der Waals surface area contributed by atoms with Crippen LogP contribution in [0.5, 0.6) is 0 Å². The SMILES string of the molecule is Cc1c(B2OC(C)(C)C(C)(C)O2)cccc1N1CCc2c(sc3c2CC(C)(C)C3)C1=O. The van der Waals surface area contributed by atoms with Crippen molar-refractivity contribution in [3.8, 4) is 0 Å². The Morgan fingerprint density at radius 1 is 1.00 bits per heavy atom. The zero-order valence-electron chi connectivity index (χ0n) is 19.7. The van der Waals surface area contributed by atoms with Crippen molar-refractivity contribution in [1.82, 2.24) is 0 Å². The second-order valence-electron chi connectivity index (χ2n) is 11.1. The first-order chi connectivity index (χ1) is 14.4. The lowest BCUT2D eigenvalue weighted by Gasteiger charge is -2.32. The first-order valence-electron chi connectivity index (χ1n) is 11.3. The van der Waals surface area contributed by atoms with Gasteiger partial charge in [0.05, 0.1) is 16.1 Å². The molecule has 31 heavy (non-hydrogen) atoms. The van der Waals surface area contributed by atoms with Gasteiger partial charge in [-0.15, -0.1) is 11.3 Å². The van der Waals surface area contributed by atoms with E-state index in [1.165, 1.54) is 16.0 Å². The van der Waals surface area contributed by atoms with Crippen LogP contribution in [-0.4, -0.2) is 30.8 Å². The molecule has 5 rings (SSSR count). The second-order valence-corrected chi connectivity index (χ2v) is 12.2. The Hall–Kier alpha value is -1.63. The van der Waals surface area contributed by atoms with Gasteiger partial charge >= 0.3 is 7.12 Å². The van der Waals surface area contributed by atoms with Gasteiger partial charge in [-0.3, -0.25) is 4.79 Å². The number of carbonyl (C=O) groups is 1. The molecule has 0 spiro atoms. The Balaban J connectivity index is 1.47. The van der Waals surface area contributed by atoms with Crippen molar-refractivity contribution >= 4 is 35.5 Å². The van der Waals surface area contributed by atoms with Crippen molar-refractivity contribution in [2.45, 2.75) is 78.9 Å².